The van der Waals surface area contributed by atoms with Gasteiger partial charge in [-0.25, -0.2) is 0 Å². The topological polar surface area (TPSA) is 43.0 Å². The van der Waals surface area contributed by atoms with Crippen LogP contribution in [0.4, 0.5) is 5.69 Å². The number of thiophene rings is 1. The van der Waals surface area contributed by atoms with Crippen molar-refractivity contribution in [2.45, 2.75) is 12.1 Å². The molecule has 13 rings (SSSR count). The van der Waals surface area contributed by atoms with E-state index in [0.717, 1.165) is 33.6 Å². The molecule has 1 aliphatic rings. The molecule has 0 saturated carbocycles. The van der Waals surface area contributed by atoms with E-state index < -0.39 is 6.17 Å². The summed E-state index contributed by atoms with van der Waals surface area (Å²) in [5.74, 6) is -0.0727. The Morgan fingerprint density at radius 3 is 1.87 bits per heavy atom. The van der Waals surface area contributed by atoms with E-state index in [0.29, 0.717) is 0 Å². The molecule has 4 heteroatoms. The second-order valence-corrected chi connectivity index (χ2v) is 18.9. The van der Waals surface area contributed by atoms with Gasteiger partial charge in [-0.1, -0.05) is 200 Å². The largest absolute Gasteiger partial charge is 0.366 e. The lowest BCUT2D eigenvalue weighted by molar-refractivity contribution is 0.925. The summed E-state index contributed by atoms with van der Waals surface area (Å²) in [6, 6.07) is 84.3. The second kappa shape index (κ2) is 16.6. The lowest BCUT2D eigenvalue weighted by Crippen LogP contribution is -2.27. The van der Waals surface area contributed by atoms with Gasteiger partial charge in [-0.3, -0.25) is 0 Å². The van der Waals surface area contributed by atoms with Crippen molar-refractivity contribution >= 4 is 59.0 Å². The fraction of sp³-hybridized carbons (Fsp3) is 0.0312. The minimum atomic E-state index is -0.420. The van der Waals surface area contributed by atoms with Crippen LogP contribution in [0.15, 0.2) is 243 Å². The van der Waals surface area contributed by atoms with E-state index in [1.54, 1.807) is 0 Å². The molecule has 2 unspecified atom stereocenters. The summed E-state index contributed by atoms with van der Waals surface area (Å²) < 4.78 is 4.99. The number of fused-ring (bicyclic) bond motifs is 9. The average Bonchev–Trinajstić information content (AvgIpc) is 3.96. The maximum absolute atomic E-state index is 7.05. The van der Waals surface area contributed by atoms with E-state index in [9.17, 15) is 0 Å². The SMILES string of the molecule is NC1/C=C\C(c2cccc(-c3ccc(-c4ccccc4)cc3)c2)c2ccc(-c3ccc4c5ccccc5n(-c5ccccc5)c4c3)cc2-c2ccc(-c3cccc4c3sc3ccccc34)cc2N1. The molecule has 0 radical (unpaired) electrons. The first kappa shape index (κ1) is 40.0. The van der Waals surface area contributed by atoms with Gasteiger partial charge in [0.25, 0.3) is 0 Å². The third-order valence-electron chi connectivity index (χ3n) is 13.8. The van der Waals surface area contributed by atoms with Crippen LogP contribution in [0.25, 0.3) is 103 Å². The van der Waals surface area contributed by atoms with Gasteiger partial charge in [0.15, 0.2) is 0 Å². The highest BCUT2D eigenvalue weighted by Gasteiger charge is 2.24. The van der Waals surface area contributed by atoms with Gasteiger partial charge >= 0.3 is 0 Å². The molecule has 10 aromatic carbocycles. The van der Waals surface area contributed by atoms with Crippen molar-refractivity contribution in [3.63, 3.8) is 0 Å². The fourth-order valence-electron chi connectivity index (χ4n) is 10.5. The molecule has 3 heterocycles. The molecule has 2 aromatic heterocycles. The minimum absolute atomic E-state index is 0.0727. The molecule has 0 amide bonds. The molecule has 2 atom stereocenters. The molecular formula is C64H45N3S. The van der Waals surface area contributed by atoms with Gasteiger partial charge in [0.05, 0.1) is 17.2 Å². The fourth-order valence-corrected chi connectivity index (χ4v) is 11.8. The highest BCUT2D eigenvalue weighted by molar-refractivity contribution is 7.26. The average molecular weight is 888 g/mol. The van der Waals surface area contributed by atoms with Gasteiger partial charge in [0.1, 0.15) is 0 Å². The quantitative estimate of drug-likeness (QED) is 0.163. The molecule has 322 valence electrons. The van der Waals surface area contributed by atoms with E-state index in [1.807, 2.05) is 11.3 Å². The van der Waals surface area contributed by atoms with E-state index in [1.165, 1.54) is 86.5 Å². The van der Waals surface area contributed by atoms with Gasteiger partial charge < -0.3 is 15.6 Å². The van der Waals surface area contributed by atoms with Crippen LogP contribution in [0.3, 0.4) is 0 Å². The Bertz CT molecular complexity index is 3900. The van der Waals surface area contributed by atoms with Gasteiger partial charge in [0.2, 0.25) is 0 Å². The maximum Gasteiger partial charge on any atom is 0.0935 e. The van der Waals surface area contributed by atoms with Gasteiger partial charge in [-0.05, 0) is 104 Å². The second-order valence-electron chi connectivity index (χ2n) is 17.9. The lowest BCUT2D eigenvalue weighted by atomic mass is 9.82. The molecule has 0 fully saturated rings. The van der Waals surface area contributed by atoms with Crippen molar-refractivity contribution in [2.24, 2.45) is 5.73 Å². The Labute approximate surface area is 399 Å². The standard InChI is InChI=1S/C64H45N3S/c65-63-36-35-50(47-16-11-15-44(37-47)43-27-25-42(26-28-43)41-13-3-1-4-14-41)52-32-29-45(46-30-34-55-54-19-7-9-23-60(54)67(61(55)40-46)49-17-5-2-6-18-49)38-58(52)53-33-31-48(39-59(53)66-63)51-21-12-22-57-56-20-8-10-24-62(56)68-64(51)57/h1-40,50,63,66H,65H2/b36-35-. The number of benzene rings is 10. The van der Waals surface area contributed by atoms with E-state index >= 15 is 0 Å². The normalized spacial score (nSPS) is 15.1. The highest BCUT2D eigenvalue weighted by Crippen LogP contribution is 2.46. The molecule has 3 N–H and O–H groups in total. The van der Waals surface area contributed by atoms with Crippen LogP contribution in [0.5, 0.6) is 0 Å². The van der Waals surface area contributed by atoms with E-state index in [-0.39, 0.29) is 5.92 Å². The zero-order valence-electron chi connectivity index (χ0n) is 37.2. The van der Waals surface area contributed by atoms with Crippen molar-refractivity contribution in [2.75, 3.05) is 5.32 Å². The zero-order valence-corrected chi connectivity index (χ0v) is 38.0. The Kier molecular flexibility index (Phi) is 9.74. The predicted molar refractivity (Wildman–Crippen MR) is 290 cm³/mol. The van der Waals surface area contributed by atoms with Gasteiger partial charge in [0, 0.05) is 53.8 Å². The zero-order chi connectivity index (χ0) is 45.1. The van der Waals surface area contributed by atoms with Gasteiger partial charge in [-0.2, -0.15) is 0 Å². The smallest absolute Gasteiger partial charge is 0.0935 e. The Morgan fingerprint density at radius 2 is 1.01 bits per heavy atom. The Morgan fingerprint density at radius 1 is 0.397 bits per heavy atom. The monoisotopic (exact) mass is 887 g/mol. The van der Waals surface area contributed by atoms with Crippen LogP contribution in [0.2, 0.25) is 0 Å². The summed E-state index contributed by atoms with van der Waals surface area (Å²) in [5, 5.41) is 8.84. The molecule has 12 aromatic rings. The summed E-state index contributed by atoms with van der Waals surface area (Å²) in [6.45, 7) is 0. The predicted octanol–water partition coefficient (Wildman–Crippen LogP) is 16.9. The number of aromatic nitrogens is 1. The first-order valence-corrected chi connectivity index (χ1v) is 24.2. The number of nitrogens with two attached hydrogens (primary N) is 1. The summed E-state index contributed by atoms with van der Waals surface area (Å²) in [4.78, 5) is 0. The van der Waals surface area contributed by atoms with Crippen LogP contribution >= 0.6 is 11.3 Å². The summed E-state index contributed by atoms with van der Waals surface area (Å²) in [7, 11) is 0. The first-order chi connectivity index (χ1) is 33.6. The number of para-hydroxylation sites is 2. The Balaban J connectivity index is 0.982. The number of nitrogens with zero attached hydrogens (tertiary/aromatic N) is 1. The van der Waals surface area contributed by atoms with E-state index in [2.05, 4.69) is 253 Å². The number of anilines is 1. The molecule has 0 bridgehead atoms. The van der Waals surface area contributed by atoms with Crippen LogP contribution in [0.1, 0.15) is 17.0 Å². The van der Waals surface area contributed by atoms with Crippen LogP contribution in [-0.2, 0) is 0 Å². The van der Waals surface area contributed by atoms with Crippen molar-refractivity contribution in [1.82, 2.24) is 4.57 Å². The molecular weight excluding hydrogens is 843 g/mol. The van der Waals surface area contributed by atoms with Crippen LogP contribution < -0.4 is 11.1 Å². The maximum atomic E-state index is 7.05. The van der Waals surface area contributed by atoms with Crippen molar-refractivity contribution in [3.05, 3.63) is 254 Å². The van der Waals surface area contributed by atoms with Crippen molar-refractivity contribution in [3.8, 4) is 61.3 Å². The molecule has 0 spiro atoms. The minimum Gasteiger partial charge on any atom is -0.366 e. The lowest BCUT2D eigenvalue weighted by Gasteiger charge is -2.22. The highest BCUT2D eigenvalue weighted by atomic mass is 32.1. The van der Waals surface area contributed by atoms with E-state index in [4.69, 9.17) is 5.73 Å². The first-order valence-electron chi connectivity index (χ1n) is 23.4. The number of hydrogen-bond donors (Lipinski definition) is 2. The summed E-state index contributed by atoms with van der Waals surface area (Å²) in [5.41, 5.74) is 25.8. The molecule has 3 nitrogen and oxygen atoms in total. The third-order valence-corrected chi connectivity index (χ3v) is 15.1. The number of hydrogen-bond acceptors (Lipinski definition) is 3. The molecule has 0 aliphatic carbocycles. The number of allylic oxidation sites excluding steroid dienone is 1. The third kappa shape index (κ3) is 6.93. The molecule has 0 saturated heterocycles. The Hall–Kier alpha value is -8.28. The van der Waals surface area contributed by atoms with Crippen molar-refractivity contribution in [1.29, 1.82) is 0 Å². The number of rotatable bonds is 6. The van der Waals surface area contributed by atoms with Gasteiger partial charge in [-0.15, -0.1) is 11.3 Å². The molecule has 68 heavy (non-hydrogen) atoms. The van der Waals surface area contributed by atoms with Crippen molar-refractivity contribution < 1.29 is 0 Å². The van der Waals surface area contributed by atoms with Crippen LogP contribution in [-0.4, -0.2) is 10.7 Å². The number of nitrogens with one attached hydrogen (secondary N) is 1. The molecule has 1 aliphatic heterocycles. The summed E-state index contributed by atoms with van der Waals surface area (Å²) >= 11 is 1.86. The van der Waals surface area contributed by atoms with Crippen LogP contribution in [0, 0.1) is 0 Å². The summed E-state index contributed by atoms with van der Waals surface area (Å²) in [6.07, 6.45) is 4.01.